The molecule has 0 heterocycles. The van der Waals surface area contributed by atoms with E-state index in [1.165, 1.54) is 0 Å². The minimum absolute atomic E-state index is 0.242. The summed E-state index contributed by atoms with van der Waals surface area (Å²) < 4.78 is 5.28. The largest absolute Gasteiger partial charge is 0.496 e. The van der Waals surface area contributed by atoms with Crippen molar-refractivity contribution in [2.75, 3.05) is 7.11 Å². The van der Waals surface area contributed by atoms with Crippen molar-refractivity contribution in [1.82, 2.24) is 0 Å². The Morgan fingerprint density at radius 3 is 2.83 bits per heavy atom. The molecule has 0 bridgehead atoms. The first-order valence-corrected chi connectivity index (χ1v) is 6.55. The van der Waals surface area contributed by atoms with Crippen LogP contribution < -0.4 is 4.74 Å². The molecule has 1 aromatic rings. The minimum atomic E-state index is 0.242. The average Bonchev–Trinajstić information content (AvgIpc) is 2.40. The van der Waals surface area contributed by atoms with Crippen molar-refractivity contribution < 1.29 is 9.53 Å². The van der Waals surface area contributed by atoms with Crippen molar-refractivity contribution in [2.45, 2.75) is 32.6 Å². The standard InChI is InChI=1S/C16H20O2/c1-12-7-9-13(10-8-12)15(17)11-14-5-3-4-6-16(14)18-2/h3-6,9,12H,7-8,10-11H2,1-2H3. The molecule has 0 spiro atoms. The summed E-state index contributed by atoms with van der Waals surface area (Å²) in [7, 11) is 1.64. The second-order valence-corrected chi connectivity index (χ2v) is 5.02. The highest BCUT2D eigenvalue weighted by molar-refractivity contribution is 5.97. The molecule has 0 amide bonds. The average molecular weight is 244 g/mol. The van der Waals surface area contributed by atoms with E-state index in [9.17, 15) is 4.79 Å². The van der Waals surface area contributed by atoms with E-state index in [0.717, 1.165) is 36.1 Å². The van der Waals surface area contributed by atoms with Crippen LogP contribution in [-0.4, -0.2) is 12.9 Å². The summed E-state index contributed by atoms with van der Waals surface area (Å²) in [4.78, 5) is 12.2. The number of hydrogen-bond acceptors (Lipinski definition) is 2. The summed E-state index contributed by atoms with van der Waals surface area (Å²) in [6.45, 7) is 2.23. The lowest BCUT2D eigenvalue weighted by Gasteiger charge is -2.17. The van der Waals surface area contributed by atoms with Gasteiger partial charge in [-0.15, -0.1) is 0 Å². The number of carbonyl (C=O) groups excluding carboxylic acids is 1. The molecule has 1 aliphatic rings. The zero-order valence-electron chi connectivity index (χ0n) is 11.1. The zero-order chi connectivity index (χ0) is 13.0. The van der Waals surface area contributed by atoms with Crippen molar-refractivity contribution >= 4 is 5.78 Å². The van der Waals surface area contributed by atoms with Crippen LogP contribution in [-0.2, 0) is 11.2 Å². The third-order valence-electron chi connectivity index (χ3n) is 3.57. The molecule has 0 aliphatic heterocycles. The second kappa shape index (κ2) is 5.85. The topological polar surface area (TPSA) is 26.3 Å². The molecule has 0 aromatic heterocycles. The van der Waals surface area contributed by atoms with Crippen LogP contribution in [0.5, 0.6) is 5.75 Å². The van der Waals surface area contributed by atoms with Crippen molar-refractivity contribution in [3.63, 3.8) is 0 Å². The summed E-state index contributed by atoms with van der Waals surface area (Å²) in [5.74, 6) is 1.76. The fourth-order valence-electron chi connectivity index (χ4n) is 2.35. The molecule has 96 valence electrons. The summed E-state index contributed by atoms with van der Waals surface area (Å²) >= 11 is 0. The number of benzene rings is 1. The van der Waals surface area contributed by atoms with Gasteiger partial charge in [0.1, 0.15) is 5.75 Å². The van der Waals surface area contributed by atoms with Crippen LogP contribution in [0.15, 0.2) is 35.9 Å². The van der Waals surface area contributed by atoms with Gasteiger partial charge in [0.25, 0.3) is 0 Å². The lowest BCUT2D eigenvalue weighted by atomic mass is 9.87. The number of hydrogen-bond donors (Lipinski definition) is 0. The first kappa shape index (κ1) is 12.9. The minimum Gasteiger partial charge on any atom is -0.496 e. The third-order valence-corrected chi connectivity index (χ3v) is 3.57. The Hall–Kier alpha value is -1.57. The SMILES string of the molecule is COc1ccccc1CC(=O)C1=CCC(C)CC1. The Morgan fingerprint density at radius 1 is 1.39 bits per heavy atom. The molecule has 2 heteroatoms. The van der Waals surface area contributed by atoms with Crippen molar-refractivity contribution in [1.29, 1.82) is 0 Å². The molecule has 0 saturated carbocycles. The molecular formula is C16H20O2. The van der Waals surface area contributed by atoms with Crippen LogP contribution in [0.4, 0.5) is 0 Å². The second-order valence-electron chi connectivity index (χ2n) is 5.02. The molecule has 0 N–H and O–H groups in total. The van der Waals surface area contributed by atoms with Gasteiger partial charge in [-0.05, 0) is 36.8 Å². The summed E-state index contributed by atoms with van der Waals surface area (Å²) in [6, 6.07) is 7.74. The van der Waals surface area contributed by atoms with Gasteiger partial charge in [0, 0.05) is 12.0 Å². The Morgan fingerprint density at radius 2 is 2.17 bits per heavy atom. The molecule has 1 unspecified atom stereocenters. The first-order chi connectivity index (χ1) is 8.70. The van der Waals surface area contributed by atoms with Crippen molar-refractivity contribution in [3.05, 3.63) is 41.5 Å². The number of allylic oxidation sites excluding steroid dienone is 2. The monoisotopic (exact) mass is 244 g/mol. The lowest BCUT2D eigenvalue weighted by molar-refractivity contribution is -0.115. The van der Waals surface area contributed by atoms with Gasteiger partial charge >= 0.3 is 0 Å². The van der Waals surface area contributed by atoms with Gasteiger partial charge in [-0.1, -0.05) is 31.2 Å². The molecule has 0 fully saturated rings. The van der Waals surface area contributed by atoms with Crippen LogP contribution in [0.2, 0.25) is 0 Å². The quantitative estimate of drug-likeness (QED) is 0.809. The molecular weight excluding hydrogens is 224 g/mol. The smallest absolute Gasteiger partial charge is 0.163 e. The highest BCUT2D eigenvalue weighted by atomic mass is 16.5. The van der Waals surface area contributed by atoms with E-state index in [2.05, 4.69) is 13.0 Å². The summed E-state index contributed by atoms with van der Waals surface area (Å²) in [6.07, 6.45) is 5.65. The number of rotatable bonds is 4. The molecule has 1 atom stereocenters. The fourth-order valence-corrected chi connectivity index (χ4v) is 2.35. The zero-order valence-corrected chi connectivity index (χ0v) is 11.1. The van der Waals surface area contributed by atoms with E-state index in [1.807, 2.05) is 24.3 Å². The van der Waals surface area contributed by atoms with Gasteiger partial charge in [-0.25, -0.2) is 0 Å². The first-order valence-electron chi connectivity index (χ1n) is 6.55. The van der Waals surface area contributed by atoms with Crippen molar-refractivity contribution in [2.24, 2.45) is 5.92 Å². The van der Waals surface area contributed by atoms with Gasteiger partial charge in [0.2, 0.25) is 0 Å². The summed E-state index contributed by atoms with van der Waals surface area (Å²) in [5, 5.41) is 0. The van der Waals surface area contributed by atoms with Gasteiger partial charge in [-0.2, -0.15) is 0 Å². The Bertz CT molecular complexity index is 460. The number of ketones is 1. The maximum Gasteiger partial charge on any atom is 0.163 e. The van der Waals surface area contributed by atoms with E-state index in [-0.39, 0.29) is 5.78 Å². The maximum absolute atomic E-state index is 12.2. The predicted octanol–water partition coefficient (Wildman–Crippen LogP) is 3.55. The third kappa shape index (κ3) is 3.00. The Balaban J connectivity index is 2.07. The van der Waals surface area contributed by atoms with Gasteiger partial charge < -0.3 is 4.74 Å². The maximum atomic E-state index is 12.2. The van der Waals surface area contributed by atoms with Crippen LogP contribution in [0.1, 0.15) is 31.7 Å². The van der Waals surface area contributed by atoms with E-state index in [1.54, 1.807) is 7.11 Å². The van der Waals surface area contributed by atoms with Crippen molar-refractivity contribution in [3.8, 4) is 5.75 Å². The van der Waals surface area contributed by atoms with Crippen LogP contribution in [0.3, 0.4) is 0 Å². The molecule has 1 aliphatic carbocycles. The lowest BCUT2D eigenvalue weighted by Crippen LogP contribution is -2.12. The number of Topliss-reactive ketones (excluding diaryl/α,β-unsaturated/α-hetero) is 1. The Kier molecular flexibility index (Phi) is 4.19. The van der Waals surface area contributed by atoms with E-state index in [0.29, 0.717) is 12.3 Å². The van der Waals surface area contributed by atoms with Gasteiger partial charge in [-0.3, -0.25) is 4.79 Å². The number of ether oxygens (including phenoxy) is 1. The van der Waals surface area contributed by atoms with Gasteiger partial charge in [0.15, 0.2) is 5.78 Å². The normalized spacial score (nSPS) is 19.2. The number of methoxy groups -OCH3 is 1. The Labute approximate surface area is 109 Å². The van der Waals surface area contributed by atoms with E-state index in [4.69, 9.17) is 4.74 Å². The molecule has 18 heavy (non-hydrogen) atoms. The van der Waals surface area contributed by atoms with Crippen LogP contribution in [0.25, 0.3) is 0 Å². The molecule has 2 rings (SSSR count). The highest BCUT2D eigenvalue weighted by Crippen LogP contribution is 2.26. The summed E-state index contributed by atoms with van der Waals surface area (Å²) in [5.41, 5.74) is 1.98. The fraction of sp³-hybridized carbons (Fsp3) is 0.438. The van der Waals surface area contributed by atoms with E-state index < -0.39 is 0 Å². The van der Waals surface area contributed by atoms with Crippen LogP contribution in [0, 0.1) is 5.92 Å². The molecule has 0 saturated heterocycles. The van der Waals surface area contributed by atoms with E-state index >= 15 is 0 Å². The van der Waals surface area contributed by atoms with Gasteiger partial charge in [0.05, 0.1) is 7.11 Å². The molecule has 2 nitrogen and oxygen atoms in total. The number of para-hydroxylation sites is 1. The molecule has 1 aromatic carbocycles. The molecule has 0 radical (unpaired) electrons. The highest BCUT2D eigenvalue weighted by Gasteiger charge is 2.17. The predicted molar refractivity (Wildman–Crippen MR) is 72.8 cm³/mol. The number of carbonyl (C=O) groups is 1. The van der Waals surface area contributed by atoms with Crippen LogP contribution >= 0.6 is 0 Å².